The topological polar surface area (TPSA) is 64.9 Å². The van der Waals surface area contributed by atoms with Gasteiger partial charge in [0.1, 0.15) is 0 Å². The largest absolute Gasteiger partial charge is 0.339 e. The molecular formula is C12H21N3OS. The predicted octanol–water partition coefficient (Wildman–Crippen LogP) is 2.48. The fraction of sp³-hybridized carbons (Fsp3) is 0.833. The number of nitrogens with zero attached hydrogens (tertiary/aromatic N) is 2. The summed E-state index contributed by atoms with van der Waals surface area (Å²) in [4.78, 5) is 4.50. The summed E-state index contributed by atoms with van der Waals surface area (Å²) in [6, 6.07) is 0. The molecule has 1 fully saturated rings. The summed E-state index contributed by atoms with van der Waals surface area (Å²) in [5.74, 6) is 2.40. The summed E-state index contributed by atoms with van der Waals surface area (Å²) >= 11 is 1.87. The second kappa shape index (κ2) is 5.40. The lowest BCUT2D eigenvalue weighted by Gasteiger charge is -2.36. The van der Waals surface area contributed by atoms with Gasteiger partial charge in [-0.3, -0.25) is 0 Å². The standard InChI is InChI=1S/C12H21N3OS/c1-3-9(2)17-7-10-14-11(16-15-10)12(8-13)5-4-6-12/h9H,3-8,13H2,1-2H3. The van der Waals surface area contributed by atoms with Crippen LogP contribution in [0.4, 0.5) is 0 Å². The van der Waals surface area contributed by atoms with Crippen molar-refractivity contribution in [2.24, 2.45) is 5.73 Å². The molecule has 2 N–H and O–H groups in total. The highest BCUT2D eigenvalue weighted by atomic mass is 32.2. The van der Waals surface area contributed by atoms with Crippen LogP contribution >= 0.6 is 11.8 Å². The second-order valence-corrected chi connectivity index (χ2v) is 6.31. The number of nitrogens with two attached hydrogens (primary N) is 1. The minimum Gasteiger partial charge on any atom is -0.339 e. The molecule has 1 aromatic rings. The lowest BCUT2D eigenvalue weighted by atomic mass is 9.69. The fourth-order valence-electron chi connectivity index (χ4n) is 1.97. The smallest absolute Gasteiger partial charge is 0.234 e. The molecule has 17 heavy (non-hydrogen) atoms. The van der Waals surface area contributed by atoms with Crippen LogP contribution in [0.3, 0.4) is 0 Å². The minimum absolute atomic E-state index is 0.00765. The number of thioether (sulfide) groups is 1. The van der Waals surface area contributed by atoms with E-state index in [1.807, 2.05) is 11.8 Å². The average Bonchev–Trinajstić information content (AvgIpc) is 2.74. The third-order valence-corrected chi connectivity index (χ3v) is 5.02. The van der Waals surface area contributed by atoms with E-state index in [9.17, 15) is 0 Å². The molecule has 0 aromatic carbocycles. The van der Waals surface area contributed by atoms with Crippen molar-refractivity contribution in [3.05, 3.63) is 11.7 Å². The first-order chi connectivity index (χ1) is 8.20. The van der Waals surface area contributed by atoms with E-state index in [2.05, 4.69) is 24.0 Å². The Kier molecular flexibility index (Phi) is 4.09. The van der Waals surface area contributed by atoms with Crippen molar-refractivity contribution in [1.29, 1.82) is 0 Å². The lowest BCUT2D eigenvalue weighted by molar-refractivity contribution is 0.181. The summed E-state index contributed by atoms with van der Waals surface area (Å²) in [7, 11) is 0. The quantitative estimate of drug-likeness (QED) is 0.846. The van der Waals surface area contributed by atoms with Crippen LogP contribution in [0.15, 0.2) is 4.52 Å². The van der Waals surface area contributed by atoms with Crippen molar-refractivity contribution in [2.45, 2.75) is 55.9 Å². The lowest BCUT2D eigenvalue weighted by Crippen LogP contribution is -2.41. The molecule has 0 spiro atoms. The van der Waals surface area contributed by atoms with Gasteiger partial charge in [0.15, 0.2) is 5.82 Å². The summed E-state index contributed by atoms with van der Waals surface area (Å²) in [6.07, 6.45) is 4.56. The molecule has 1 atom stereocenters. The van der Waals surface area contributed by atoms with Crippen LogP contribution in [0.1, 0.15) is 51.2 Å². The van der Waals surface area contributed by atoms with Crippen molar-refractivity contribution in [3.63, 3.8) is 0 Å². The first-order valence-corrected chi connectivity index (χ1v) is 7.40. The highest BCUT2D eigenvalue weighted by Gasteiger charge is 2.42. The van der Waals surface area contributed by atoms with E-state index >= 15 is 0 Å². The van der Waals surface area contributed by atoms with Gasteiger partial charge in [-0.25, -0.2) is 0 Å². The van der Waals surface area contributed by atoms with Gasteiger partial charge in [0, 0.05) is 11.8 Å². The maximum Gasteiger partial charge on any atom is 0.234 e. The molecular weight excluding hydrogens is 234 g/mol. The Balaban J connectivity index is 1.96. The summed E-state index contributed by atoms with van der Waals surface area (Å²) in [5.41, 5.74) is 5.81. The van der Waals surface area contributed by atoms with E-state index in [0.29, 0.717) is 11.8 Å². The zero-order valence-electron chi connectivity index (χ0n) is 10.6. The van der Waals surface area contributed by atoms with Crippen molar-refractivity contribution < 1.29 is 4.52 Å². The van der Waals surface area contributed by atoms with E-state index in [1.54, 1.807) is 0 Å². The van der Waals surface area contributed by atoms with Crippen LogP contribution in [-0.4, -0.2) is 21.9 Å². The third-order valence-electron chi connectivity index (χ3n) is 3.70. The molecule has 0 radical (unpaired) electrons. The predicted molar refractivity (Wildman–Crippen MR) is 69.9 cm³/mol. The molecule has 1 aliphatic rings. The molecule has 1 heterocycles. The molecule has 2 rings (SSSR count). The van der Waals surface area contributed by atoms with Gasteiger partial charge in [-0.15, -0.1) is 0 Å². The van der Waals surface area contributed by atoms with E-state index in [0.717, 1.165) is 30.3 Å². The molecule has 96 valence electrons. The molecule has 1 unspecified atom stereocenters. The van der Waals surface area contributed by atoms with Crippen molar-refractivity contribution in [1.82, 2.24) is 10.1 Å². The van der Waals surface area contributed by atoms with Crippen molar-refractivity contribution >= 4 is 11.8 Å². The van der Waals surface area contributed by atoms with E-state index in [1.165, 1.54) is 12.8 Å². The van der Waals surface area contributed by atoms with Gasteiger partial charge in [0.2, 0.25) is 5.89 Å². The summed E-state index contributed by atoms with van der Waals surface area (Å²) in [5, 5.41) is 4.70. The van der Waals surface area contributed by atoms with Crippen molar-refractivity contribution in [3.8, 4) is 0 Å². The molecule has 0 amide bonds. The van der Waals surface area contributed by atoms with Gasteiger partial charge in [0.25, 0.3) is 0 Å². The number of hydrogen-bond donors (Lipinski definition) is 1. The van der Waals surface area contributed by atoms with Gasteiger partial charge in [-0.05, 0) is 19.3 Å². The van der Waals surface area contributed by atoms with Crippen LogP contribution < -0.4 is 5.73 Å². The van der Waals surface area contributed by atoms with Crippen LogP contribution in [0.25, 0.3) is 0 Å². The van der Waals surface area contributed by atoms with Crippen LogP contribution in [0.5, 0.6) is 0 Å². The molecule has 0 aliphatic heterocycles. The zero-order chi connectivity index (χ0) is 12.3. The minimum atomic E-state index is -0.00765. The number of rotatable bonds is 6. The Morgan fingerprint density at radius 1 is 1.53 bits per heavy atom. The van der Waals surface area contributed by atoms with Crippen LogP contribution in [0.2, 0.25) is 0 Å². The van der Waals surface area contributed by atoms with E-state index < -0.39 is 0 Å². The SMILES string of the molecule is CCC(C)SCc1noc(C2(CN)CCC2)n1. The first kappa shape index (κ1) is 12.9. The normalized spacial score (nSPS) is 19.9. The van der Waals surface area contributed by atoms with E-state index in [-0.39, 0.29) is 5.41 Å². The van der Waals surface area contributed by atoms with Crippen LogP contribution in [0, 0.1) is 0 Å². The second-order valence-electron chi connectivity index (χ2n) is 4.88. The van der Waals surface area contributed by atoms with Gasteiger partial charge < -0.3 is 10.3 Å². The van der Waals surface area contributed by atoms with Gasteiger partial charge in [0.05, 0.1) is 11.2 Å². The maximum absolute atomic E-state index is 5.82. The molecule has 4 nitrogen and oxygen atoms in total. The fourth-order valence-corrected chi connectivity index (χ4v) is 2.76. The summed E-state index contributed by atoms with van der Waals surface area (Å²) in [6.45, 7) is 5.03. The number of aromatic nitrogens is 2. The van der Waals surface area contributed by atoms with Gasteiger partial charge in [-0.2, -0.15) is 16.7 Å². The highest BCUT2D eigenvalue weighted by Crippen LogP contribution is 2.42. The van der Waals surface area contributed by atoms with E-state index in [4.69, 9.17) is 10.3 Å². The van der Waals surface area contributed by atoms with Gasteiger partial charge in [-0.1, -0.05) is 25.4 Å². The summed E-state index contributed by atoms with van der Waals surface area (Å²) < 4.78 is 5.37. The number of hydrogen-bond acceptors (Lipinski definition) is 5. The van der Waals surface area contributed by atoms with Gasteiger partial charge >= 0.3 is 0 Å². The molecule has 1 aliphatic carbocycles. The molecule has 5 heteroatoms. The Morgan fingerprint density at radius 3 is 2.82 bits per heavy atom. The highest BCUT2D eigenvalue weighted by molar-refractivity contribution is 7.99. The molecule has 0 bridgehead atoms. The zero-order valence-corrected chi connectivity index (χ0v) is 11.4. The Bertz CT molecular complexity index is 357. The molecule has 1 saturated carbocycles. The Labute approximate surface area is 107 Å². The maximum atomic E-state index is 5.82. The molecule has 0 saturated heterocycles. The van der Waals surface area contributed by atoms with Crippen molar-refractivity contribution in [2.75, 3.05) is 6.54 Å². The third kappa shape index (κ3) is 2.65. The first-order valence-electron chi connectivity index (χ1n) is 6.35. The monoisotopic (exact) mass is 255 g/mol. The average molecular weight is 255 g/mol. The van der Waals surface area contributed by atoms with Crippen LogP contribution in [-0.2, 0) is 11.2 Å². The Morgan fingerprint density at radius 2 is 2.29 bits per heavy atom. The Hall–Kier alpha value is -0.550. The molecule has 1 aromatic heterocycles.